The molecule has 2 fully saturated rings. The molecule has 2 aliphatic rings. The summed E-state index contributed by atoms with van der Waals surface area (Å²) in [6, 6.07) is 16.5. The van der Waals surface area contributed by atoms with Crippen LogP contribution in [0.25, 0.3) is 32.7 Å². The Morgan fingerprint density at radius 2 is 1.70 bits per heavy atom. The van der Waals surface area contributed by atoms with Crippen molar-refractivity contribution in [3.63, 3.8) is 0 Å². The van der Waals surface area contributed by atoms with Crippen molar-refractivity contribution < 1.29 is 0 Å². The first-order valence-electron chi connectivity index (χ1n) is 11.9. The Hall–Kier alpha value is -3.17. The zero-order chi connectivity index (χ0) is 22.4. The maximum atomic E-state index is 9.22. The van der Waals surface area contributed by atoms with Crippen LogP contribution in [0.1, 0.15) is 37.7 Å². The van der Waals surface area contributed by atoms with Crippen LogP contribution in [-0.2, 0) is 7.05 Å². The van der Waals surface area contributed by atoms with E-state index in [0.29, 0.717) is 5.56 Å². The third kappa shape index (κ3) is 3.71. The van der Waals surface area contributed by atoms with Gasteiger partial charge in [-0.1, -0.05) is 48.8 Å². The van der Waals surface area contributed by atoms with Crippen molar-refractivity contribution in [1.29, 1.82) is 5.26 Å². The van der Waals surface area contributed by atoms with Crippen molar-refractivity contribution in [2.75, 3.05) is 18.0 Å². The molecule has 6 rings (SSSR count). The molecule has 1 aliphatic carbocycles. The molecular weight excluding hydrogens is 426 g/mol. The van der Waals surface area contributed by atoms with Crippen molar-refractivity contribution in [3.05, 3.63) is 54.4 Å². The normalized spacial score (nSPS) is 20.5. The fourth-order valence-electron chi connectivity index (χ4n) is 5.64. The number of thiazole rings is 1. The standard InChI is InChI=1S/C27H27N5S/c1-31-17-29-23-15-22(9-10-24(23)31)26-25(21-7-5-18(16-28)6-8-21)30-27(33-26)32-13-11-19-3-2-4-20(19)12-14-32/h5-10,15,17,19-20H,2-4,11-14H2,1H3/t19-,20+. The Morgan fingerprint density at radius 3 is 2.42 bits per heavy atom. The van der Waals surface area contributed by atoms with Crippen molar-refractivity contribution in [3.8, 4) is 27.8 Å². The highest BCUT2D eigenvalue weighted by Gasteiger charge is 2.31. The van der Waals surface area contributed by atoms with E-state index in [9.17, 15) is 5.26 Å². The topological polar surface area (TPSA) is 57.7 Å². The second kappa shape index (κ2) is 8.31. The zero-order valence-corrected chi connectivity index (χ0v) is 19.7. The summed E-state index contributed by atoms with van der Waals surface area (Å²) >= 11 is 1.79. The summed E-state index contributed by atoms with van der Waals surface area (Å²) in [5.74, 6) is 1.80. The summed E-state index contributed by atoms with van der Waals surface area (Å²) in [5.41, 5.74) is 6.00. The van der Waals surface area contributed by atoms with Gasteiger partial charge in [0.1, 0.15) is 0 Å². The number of nitrogens with zero attached hydrogens (tertiary/aromatic N) is 5. The number of rotatable bonds is 3. The lowest BCUT2D eigenvalue weighted by molar-refractivity contribution is 0.378. The summed E-state index contributed by atoms with van der Waals surface area (Å²) in [7, 11) is 2.02. The van der Waals surface area contributed by atoms with E-state index >= 15 is 0 Å². The molecule has 2 atom stereocenters. The van der Waals surface area contributed by atoms with Crippen LogP contribution in [0.4, 0.5) is 5.13 Å². The van der Waals surface area contributed by atoms with Gasteiger partial charge in [0.05, 0.1) is 39.6 Å². The average molecular weight is 454 g/mol. The zero-order valence-electron chi connectivity index (χ0n) is 18.9. The largest absolute Gasteiger partial charge is 0.348 e. The van der Waals surface area contributed by atoms with Crippen molar-refractivity contribution in [1.82, 2.24) is 14.5 Å². The molecule has 1 saturated carbocycles. The Kier molecular flexibility index (Phi) is 5.15. The van der Waals surface area contributed by atoms with Gasteiger partial charge in [-0.2, -0.15) is 5.26 Å². The maximum absolute atomic E-state index is 9.22. The molecule has 2 aromatic heterocycles. The monoisotopic (exact) mass is 453 g/mol. The molecule has 5 nitrogen and oxygen atoms in total. The van der Waals surface area contributed by atoms with Crippen LogP contribution in [-0.4, -0.2) is 27.6 Å². The van der Waals surface area contributed by atoms with E-state index in [-0.39, 0.29) is 0 Å². The summed E-state index contributed by atoms with van der Waals surface area (Å²) < 4.78 is 2.05. The Bertz CT molecular complexity index is 1330. The van der Waals surface area contributed by atoms with Crippen molar-refractivity contribution in [2.24, 2.45) is 18.9 Å². The first-order valence-corrected chi connectivity index (χ1v) is 12.7. The third-order valence-corrected chi connectivity index (χ3v) is 8.68. The molecular formula is C27H27N5S. The van der Waals surface area contributed by atoms with Gasteiger partial charge < -0.3 is 9.47 Å². The van der Waals surface area contributed by atoms with Gasteiger partial charge in [-0.05, 0) is 54.5 Å². The van der Waals surface area contributed by atoms with E-state index < -0.39 is 0 Å². The number of aromatic nitrogens is 3. The maximum Gasteiger partial charge on any atom is 0.186 e. The van der Waals surface area contributed by atoms with Crippen LogP contribution >= 0.6 is 11.3 Å². The molecule has 3 heterocycles. The van der Waals surface area contributed by atoms with Gasteiger partial charge in [0.25, 0.3) is 0 Å². The van der Waals surface area contributed by atoms with Crippen LogP contribution in [0, 0.1) is 23.2 Å². The summed E-state index contributed by atoms with van der Waals surface area (Å²) in [6.07, 6.45) is 8.65. The summed E-state index contributed by atoms with van der Waals surface area (Å²) in [6.45, 7) is 2.19. The molecule has 0 spiro atoms. The van der Waals surface area contributed by atoms with Gasteiger partial charge in [0.2, 0.25) is 0 Å². The molecule has 0 bridgehead atoms. The predicted octanol–water partition coefficient (Wildman–Crippen LogP) is 6.25. The molecule has 2 aromatic carbocycles. The lowest BCUT2D eigenvalue weighted by Gasteiger charge is -2.19. The van der Waals surface area contributed by atoms with E-state index in [2.05, 4.69) is 34.2 Å². The van der Waals surface area contributed by atoms with Gasteiger partial charge in [-0.25, -0.2) is 9.97 Å². The lowest BCUT2D eigenvalue weighted by Crippen LogP contribution is -2.24. The second-order valence-corrected chi connectivity index (χ2v) is 10.4. The van der Waals surface area contributed by atoms with Crippen LogP contribution in [0.15, 0.2) is 48.8 Å². The number of anilines is 1. The highest BCUT2D eigenvalue weighted by molar-refractivity contribution is 7.19. The summed E-state index contributed by atoms with van der Waals surface area (Å²) in [4.78, 5) is 13.5. The molecule has 0 N–H and O–H groups in total. The van der Waals surface area contributed by atoms with E-state index in [4.69, 9.17) is 4.98 Å². The van der Waals surface area contributed by atoms with E-state index in [1.165, 1.54) is 37.0 Å². The van der Waals surface area contributed by atoms with Crippen molar-refractivity contribution in [2.45, 2.75) is 32.1 Å². The fourth-order valence-corrected chi connectivity index (χ4v) is 6.77. The Balaban J connectivity index is 1.42. The number of fused-ring (bicyclic) bond motifs is 2. The molecule has 166 valence electrons. The number of imidazole rings is 1. The molecule has 6 heteroatoms. The molecule has 1 aliphatic heterocycles. The number of hydrogen-bond donors (Lipinski definition) is 0. The van der Waals surface area contributed by atoms with Gasteiger partial charge in [0.15, 0.2) is 5.13 Å². The first kappa shape index (κ1) is 20.4. The molecule has 0 radical (unpaired) electrons. The van der Waals surface area contributed by atoms with Crippen LogP contribution in [0.3, 0.4) is 0 Å². The third-order valence-electron chi connectivity index (χ3n) is 7.52. The molecule has 4 aromatic rings. The van der Waals surface area contributed by atoms with Crippen LogP contribution < -0.4 is 4.90 Å². The smallest absolute Gasteiger partial charge is 0.186 e. The van der Waals surface area contributed by atoms with Crippen molar-refractivity contribution >= 4 is 27.5 Å². The van der Waals surface area contributed by atoms with Gasteiger partial charge >= 0.3 is 0 Å². The van der Waals surface area contributed by atoms with Gasteiger partial charge in [-0.15, -0.1) is 0 Å². The van der Waals surface area contributed by atoms with E-state index in [0.717, 1.165) is 57.9 Å². The van der Waals surface area contributed by atoms with Gasteiger partial charge in [0, 0.05) is 25.7 Å². The lowest BCUT2D eigenvalue weighted by atomic mass is 9.92. The Morgan fingerprint density at radius 1 is 0.970 bits per heavy atom. The first-order chi connectivity index (χ1) is 16.2. The van der Waals surface area contributed by atoms with E-state index in [1.807, 2.05) is 42.2 Å². The predicted molar refractivity (Wildman–Crippen MR) is 134 cm³/mol. The van der Waals surface area contributed by atoms with Gasteiger partial charge in [-0.3, -0.25) is 0 Å². The highest BCUT2D eigenvalue weighted by Crippen LogP contribution is 2.44. The van der Waals surface area contributed by atoms with E-state index in [1.54, 1.807) is 11.3 Å². The number of nitriles is 1. The minimum atomic E-state index is 0.671. The number of hydrogen-bond acceptors (Lipinski definition) is 5. The molecule has 33 heavy (non-hydrogen) atoms. The quantitative estimate of drug-likeness (QED) is 0.368. The number of benzene rings is 2. The highest BCUT2D eigenvalue weighted by atomic mass is 32.1. The van der Waals surface area contributed by atoms with Crippen LogP contribution in [0.5, 0.6) is 0 Å². The number of aryl methyl sites for hydroxylation is 1. The molecule has 0 amide bonds. The molecule has 1 saturated heterocycles. The van der Waals surface area contributed by atoms with Crippen LogP contribution in [0.2, 0.25) is 0 Å². The SMILES string of the molecule is Cn1cnc2cc(-c3sc(N4CC[C@H]5CCC[C@H]5CC4)nc3-c3ccc(C#N)cc3)ccc21. The minimum absolute atomic E-state index is 0.671. The fraction of sp³-hybridized carbons (Fsp3) is 0.370. The Labute approximate surface area is 198 Å². The minimum Gasteiger partial charge on any atom is -0.348 e. The average Bonchev–Trinajstić information content (AvgIpc) is 3.55. The second-order valence-electron chi connectivity index (χ2n) is 9.44. The summed E-state index contributed by atoms with van der Waals surface area (Å²) in [5, 5.41) is 10.3. The molecule has 0 unspecified atom stereocenters.